The number of rotatable bonds is 10. The van der Waals surface area contributed by atoms with Crippen LogP contribution in [0.4, 0.5) is 0 Å². The van der Waals surface area contributed by atoms with Crippen LogP contribution >= 0.6 is 0 Å². The Morgan fingerprint density at radius 2 is 1.00 bits per heavy atom. The van der Waals surface area contributed by atoms with E-state index in [9.17, 15) is 0 Å². The molecule has 206 valence electrons. The third-order valence-corrected chi connectivity index (χ3v) is 7.18. The number of hydrogen-bond donors (Lipinski definition) is 0. The predicted molar refractivity (Wildman–Crippen MR) is 150 cm³/mol. The maximum absolute atomic E-state index is 6.64. The molecule has 0 spiro atoms. The van der Waals surface area contributed by atoms with E-state index in [2.05, 4.69) is 12.1 Å². The first-order valence-corrected chi connectivity index (χ1v) is 13.8. The van der Waals surface area contributed by atoms with Crippen molar-refractivity contribution in [1.29, 1.82) is 0 Å². The van der Waals surface area contributed by atoms with Crippen molar-refractivity contribution in [2.75, 3.05) is 6.61 Å². The summed E-state index contributed by atoms with van der Waals surface area (Å²) in [5.41, 5.74) is 4.13. The molecule has 0 bridgehead atoms. The molecule has 6 rings (SSSR count). The summed E-state index contributed by atoms with van der Waals surface area (Å²) in [4.78, 5) is 0. The van der Waals surface area contributed by atoms with Crippen LogP contribution in [0.2, 0.25) is 0 Å². The van der Waals surface area contributed by atoms with Gasteiger partial charge in [-0.1, -0.05) is 121 Å². The molecule has 2 aliphatic rings. The van der Waals surface area contributed by atoms with E-state index in [1.165, 1.54) is 0 Å². The van der Waals surface area contributed by atoms with Gasteiger partial charge in [-0.05, 0) is 16.7 Å². The summed E-state index contributed by atoms with van der Waals surface area (Å²) in [6.07, 6.45) is -2.99. The first kappa shape index (κ1) is 26.8. The van der Waals surface area contributed by atoms with Crippen molar-refractivity contribution in [3.05, 3.63) is 144 Å². The fraction of sp³-hybridized carbons (Fsp3) is 0.294. The fourth-order valence-electron chi connectivity index (χ4n) is 5.11. The Balaban J connectivity index is 1.27. The minimum absolute atomic E-state index is 0.353. The highest BCUT2D eigenvalue weighted by atomic mass is 16.8. The Kier molecular flexibility index (Phi) is 8.95. The van der Waals surface area contributed by atoms with E-state index in [1.807, 2.05) is 109 Å². The fourth-order valence-corrected chi connectivity index (χ4v) is 5.11. The van der Waals surface area contributed by atoms with E-state index in [0.29, 0.717) is 26.4 Å². The van der Waals surface area contributed by atoms with Crippen LogP contribution in [0, 0.1) is 0 Å². The number of benzene rings is 4. The highest BCUT2D eigenvalue weighted by Crippen LogP contribution is 2.37. The second kappa shape index (κ2) is 13.3. The first-order chi connectivity index (χ1) is 19.8. The molecule has 2 aliphatic heterocycles. The van der Waals surface area contributed by atoms with E-state index in [4.69, 9.17) is 28.4 Å². The molecular formula is C34H34O6. The van der Waals surface area contributed by atoms with Gasteiger partial charge in [0.05, 0.1) is 26.4 Å². The third-order valence-electron chi connectivity index (χ3n) is 7.18. The van der Waals surface area contributed by atoms with Crippen LogP contribution in [-0.4, -0.2) is 37.3 Å². The van der Waals surface area contributed by atoms with Crippen molar-refractivity contribution in [2.45, 2.75) is 56.8 Å². The van der Waals surface area contributed by atoms with Gasteiger partial charge in [-0.3, -0.25) is 0 Å². The minimum atomic E-state index is -0.675. The summed E-state index contributed by atoms with van der Waals surface area (Å²) in [5.74, 6) is 0. The standard InChI is InChI=1S/C34H34O6/c1-5-13-25(14-6-1)21-35-31-30-29(24-38-33(40-30)28-19-11-4-12-20-28)39-34(37-23-27-17-9-3-10-18-27)32(31)36-22-26-15-7-2-8-16-26/h1-20,29-34H,21-24H2/t29-,30+,31-,32+,33-,34+/m0/s1. The van der Waals surface area contributed by atoms with Gasteiger partial charge in [0, 0.05) is 5.56 Å². The monoisotopic (exact) mass is 538 g/mol. The van der Waals surface area contributed by atoms with E-state index < -0.39 is 30.9 Å². The van der Waals surface area contributed by atoms with Gasteiger partial charge in [-0.15, -0.1) is 0 Å². The van der Waals surface area contributed by atoms with Gasteiger partial charge < -0.3 is 28.4 Å². The topological polar surface area (TPSA) is 55.4 Å². The molecular weight excluding hydrogens is 504 g/mol. The summed E-state index contributed by atoms with van der Waals surface area (Å²) in [6.45, 7) is 1.53. The Morgan fingerprint density at radius 3 is 1.55 bits per heavy atom. The lowest BCUT2D eigenvalue weighted by Gasteiger charge is -2.49. The van der Waals surface area contributed by atoms with Crippen molar-refractivity contribution in [1.82, 2.24) is 0 Å². The van der Waals surface area contributed by atoms with Gasteiger partial charge in [0.25, 0.3) is 0 Å². The molecule has 6 atom stereocenters. The normalized spacial score (nSPS) is 26.2. The van der Waals surface area contributed by atoms with Crippen LogP contribution in [0.5, 0.6) is 0 Å². The summed E-state index contributed by atoms with van der Waals surface area (Å²) in [7, 11) is 0. The third kappa shape index (κ3) is 6.67. The quantitative estimate of drug-likeness (QED) is 0.239. The zero-order chi connectivity index (χ0) is 27.0. The molecule has 0 aromatic heterocycles. The molecule has 4 aromatic rings. The van der Waals surface area contributed by atoms with E-state index in [-0.39, 0.29) is 6.10 Å². The molecule has 0 unspecified atom stereocenters. The van der Waals surface area contributed by atoms with Crippen molar-refractivity contribution in [3.8, 4) is 0 Å². The highest BCUT2D eigenvalue weighted by Gasteiger charge is 2.51. The molecule has 2 fully saturated rings. The molecule has 6 nitrogen and oxygen atoms in total. The van der Waals surface area contributed by atoms with Crippen LogP contribution in [-0.2, 0) is 48.2 Å². The molecule has 40 heavy (non-hydrogen) atoms. The van der Waals surface area contributed by atoms with Crippen LogP contribution in [0.1, 0.15) is 28.5 Å². The SMILES string of the molecule is c1ccc(CO[C@@H]2O[C@H]3CO[C@H](c4ccccc4)O[C@H]3[C@H](OCc3ccccc3)[C@H]2OCc2ccccc2)cc1. The average Bonchev–Trinajstić information content (AvgIpc) is 3.03. The summed E-state index contributed by atoms with van der Waals surface area (Å²) >= 11 is 0. The van der Waals surface area contributed by atoms with Gasteiger partial charge in [0.1, 0.15) is 24.4 Å². The zero-order valence-corrected chi connectivity index (χ0v) is 22.3. The lowest BCUT2D eigenvalue weighted by Crippen LogP contribution is -2.63. The molecule has 2 saturated heterocycles. The molecule has 0 radical (unpaired) electrons. The summed E-state index contributed by atoms with van der Waals surface area (Å²) in [5, 5.41) is 0. The van der Waals surface area contributed by atoms with Gasteiger partial charge in [0.2, 0.25) is 0 Å². The largest absolute Gasteiger partial charge is 0.368 e. The van der Waals surface area contributed by atoms with Crippen LogP contribution in [0.3, 0.4) is 0 Å². The summed E-state index contributed by atoms with van der Waals surface area (Å²) < 4.78 is 38.8. The Bertz CT molecular complexity index is 1290. The Morgan fingerprint density at radius 1 is 0.525 bits per heavy atom. The second-order valence-corrected chi connectivity index (χ2v) is 10.0. The van der Waals surface area contributed by atoms with Crippen molar-refractivity contribution < 1.29 is 28.4 Å². The molecule has 0 N–H and O–H groups in total. The van der Waals surface area contributed by atoms with E-state index >= 15 is 0 Å². The summed E-state index contributed by atoms with van der Waals surface area (Å²) in [6, 6.07) is 40.2. The van der Waals surface area contributed by atoms with Gasteiger partial charge in [0.15, 0.2) is 12.6 Å². The Labute approximate surface area is 235 Å². The molecule has 0 aliphatic carbocycles. The molecule has 2 heterocycles. The number of ether oxygens (including phenoxy) is 6. The van der Waals surface area contributed by atoms with Crippen molar-refractivity contribution >= 4 is 0 Å². The Hall–Kier alpha value is -3.36. The van der Waals surface area contributed by atoms with Gasteiger partial charge in [-0.25, -0.2) is 0 Å². The predicted octanol–water partition coefficient (Wildman–Crippen LogP) is 6.21. The lowest BCUT2D eigenvalue weighted by atomic mass is 9.97. The molecule has 6 heteroatoms. The van der Waals surface area contributed by atoms with E-state index in [1.54, 1.807) is 0 Å². The van der Waals surface area contributed by atoms with E-state index in [0.717, 1.165) is 22.3 Å². The highest BCUT2D eigenvalue weighted by molar-refractivity contribution is 5.18. The molecule has 0 amide bonds. The number of fused-ring (bicyclic) bond motifs is 1. The second-order valence-electron chi connectivity index (χ2n) is 10.0. The first-order valence-electron chi connectivity index (χ1n) is 13.8. The minimum Gasteiger partial charge on any atom is -0.368 e. The van der Waals surface area contributed by atoms with Crippen LogP contribution in [0.25, 0.3) is 0 Å². The average molecular weight is 539 g/mol. The molecule has 0 saturated carbocycles. The van der Waals surface area contributed by atoms with Crippen molar-refractivity contribution in [2.24, 2.45) is 0 Å². The number of hydrogen-bond acceptors (Lipinski definition) is 6. The molecule has 4 aromatic carbocycles. The van der Waals surface area contributed by atoms with Crippen LogP contribution in [0.15, 0.2) is 121 Å². The lowest BCUT2D eigenvalue weighted by molar-refractivity contribution is -0.374. The zero-order valence-electron chi connectivity index (χ0n) is 22.3. The van der Waals surface area contributed by atoms with Gasteiger partial charge in [-0.2, -0.15) is 0 Å². The maximum Gasteiger partial charge on any atom is 0.187 e. The maximum atomic E-state index is 6.64. The van der Waals surface area contributed by atoms with Crippen LogP contribution < -0.4 is 0 Å². The smallest absolute Gasteiger partial charge is 0.187 e. The van der Waals surface area contributed by atoms with Crippen molar-refractivity contribution in [3.63, 3.8) is 0 Å². The van der Waals surface area contributed by atoms with Gasteiger partial charge >= 0.3 is 0 Å².